The Kier molecular flexibility index (Phi) is 5.42. The van der Waals surface area contributed by atoms with Crippen LogP contribution in [0.25, 0.3) is 0 Å². The van der Waals surface area contributed by atoms with Crippen molar-refractivity contribution >= 4 is 11.8 Å². The summed E-state index contributed by atoms with van der Waals surface area (Å²) in [4.78, 5) is 32.2. The van der Waals surface area contributed by atoms with Crippen molar-refractivity contribution in [3.05, 3.63) is 89.6 Å². The van der Waals surface area contributed by atoms with Gasteiger partial charge in [-0.15, -0.1) is 0 Å². The van der Waals surface area contributed by atoms with Gasteiger partial charge in [0, 0.05) is 19.3 Å². The first-order valence-electron chi connectivity index (χ1n) is 9.79. The van der Waals surface area contributed by atoms with E-state index in [4.69, 9.17) is 4.42 Å². The number of aromatic nitrogens is 1. The van der Waals surface area contributed by atoms with E-state index in [2.05, 4.69) is 10.3 Å². The van der Waals surface area contributed by atoms with Gasteiger partial charge in [-0.3, -0.25) is 14.6 Å². The Morgan fingerprint density at radius 3 is 2.72 bits per heavy atom. The van der Waals surface area contributed by atoms with Crippen LogP contribution in [0.5, 0.6) is 0 Å². The number of benzene rings is 1. The lowest BCUT2D eigenvalue weighted by molar-refractivity contribution is -0.124. The van der Waals surface area contributed by atoms with Gasteiger partial charge in [-0.2, -0.15) is 0 Å². The van der Waals surface area contributed by atoms with Crippen LogP contribution < -0.4 is 5.32 Å². The standard InChI is InChI=1S/C23H23N3O3/c1-2-19(16-8-4-3-5-9-16)25-22(27)18-15-26(23(28)20-11-7-13-29-20)14-17-10-6-12-24-21(17)18/h3-13,18-19H,2,14-15H2,1H3,(H,25,27). The minimum Gasteiger partial charge on any atom is -0.459 e. The summed E-state index contributed by atoms with van der Waals surface area (Å²) in [7, 11) is 0. The van der Waals surface area contributed by atoms with Gasteiger partial charge in [-0.05, 0) is 35.7 Å². The van der Waals surface area contributed by atoms with Gasteiger partial charge in [-0.25, -0.2) is 0 Å². The highest BCUT2D eigenvalue weighted by atomic mass is 16.3. The second-order valence-corrected chi connectivity index (χ2v) is 7.14. The SMILES string of the molecule is CCC(NC(=O)C1CN(C(=O)c2ccco2)Cc2cccnc21)c1ccccc1. The lowest BCUT2D eigenvalue weighted by atomic mass is 9.92. The van der Waals surface area contributed by atoms with E-state index in [0.717, 1.165) is 23.2 Å². The van der Waals surface area contributed by atoms with Crippen LogP contribution in [0.2, 0.25) is 0 Å². The summed E-state index contributed by atoms with van der Waals surface area (Å²) in [6, 6.07) is 16.9. The Hall–Kier alpha value is -3.41. The molecule has 3 aromatic rings. The monoisotopic (exact) mass is 389 g/mol. The van der Waals surface area contributed by atoms with Gasteiger partial charge < -0.3 is 14.6 Å². The van der Waals surface area contributed by atoms with Crippen LogP contribution in [0.15, 0.2) is 71.5 Å². The fraction of sp³-hybridized carbons (Fsp3) is 0.261. The molecule has 1 aliphatic heterocycles. The van der Waals surface area contributed by atoms with E-state index in [1.165, 1.54) is 6.26 Å². The molecule has 2 unspecified atom stereocenters. The van der Waals surface area contributed by atoms with E-state index in [-0.39, 0.29) is 30.2 Å². The molecule has 0 spiro atoms. The molecule has 2 aromatic heterocycles. The highest BCUT2D eigenvalue weighted by Crippen LogP contribution is 2.29. The molecule has 0 fully saturated rings. The van der Waals surface area contributed by atoms with Crippen molar-refractivity contribution in [1.82, 2.24) is 15.2 Å². The Labute approximate surface area is 169 Å². The van der Waals surface area contributed by atoms with Crippen molar-refractivity contribution in [2.45, 2.75) is 31.8 Å². The van der Waals surface area contributed by atoms with Gasteiger partial charge in [0.15, 0.2) is 5.76 Å². The maximum atomic E-state index is 13.2. The number of amides is 2. The zero-order chi connectivity index (χ0) is 20.2. The number of carbonyl (C=O) groups excluding carboxylic acids is 2. The zero-order valence-corrected chi connectivity index (χ0v) is 16.2. The number of carbonyl (C=O) groups is 2. The van der Waals surface area contributed by atoms with Crippen LogP contribution in [-0.4, -0.2) is 28.2 Å². The van der Waals surface area contributed by atoms with E-state index in [1.54, 1.807) is 23.2 Å². The first-order valence-corrected chi connectivity index (χ1v) is 9.79. The minimum atomic E-state index is -0.531. The molecule has 148 valence electrons. The second-order valence-electron chi connectivity index (χ2n) is 7.14. The predicted octanol–water partition coefficient (Wildman–Crippen LogP) is 3.68. The molecule has 1 N–H and O–H groups in total. The third-order valence-corrected chi connectivity index (χ3v) is 5.28. The lowest BCUT2D eigenvalue weighted by Crippen LogP contribution is -2.44. The van der Waals surface area contributed by atoms with Crippen molar-refractivity contribution in [2.24, 2.45) is 0 Å². The number of rotatable bonds is 5. The van der Waals surface area contributed by atoms with Crippen molar-refractivity contribution in [1.29, 1.82) is 0 Å². The molecule has 0 saturated heterocycles. The summed E-state index contributed by atoms with van der Waals surface area (Å²) in [6.07, 6.45) is 3.94. The van der Waals surface area contributed by atoms with E-state index >= 15 is 0 Å². The van der Waals surface area contributed by atoms with Crippen LogP contribution >= 0.6 is 0 Å². The van der Waals surface area contributed by atoms with E-state index < -0.39 is 5.92 Å². The maximum absolute atomic E-state index is 13.2. The number of fused-ring (bicyclic) bond motifs is 1. The largest absolute Gasteiger partial charge is 0.459 e. The third-order valence-electron chi connectivity index (χ3n) is 5.28. The van der Waals surface area contributed by atoms with Gasteiger partial charge >= 0.3 is 0 Å². The fourth-order valence-electron chi connectivity index (χ4n) is 3.77. The summed E-state index contributed by atoms with van der Waals surface area (Å²) < 4.78 is 5.26. The molecule has 6 heteroatoms. The van der Waals surface area contributed by atoms with Crippen LogP contribution in [0.4, 0.5) is 0 Å². The van der Waals surface area contributed by atoms with Crippen molar-refractivity contribution in [2.75, 3.05) is 6.54 Å². The van der Waals surface area contributed by atoms with Crippen LogP contribution in [0, 0.1) is 0 Å². The average Bonchev–Trinajstić information content (AvgIpc) is 3.31. The molecular weight excluding hydrogens is 366 g/mol. The molecule has 1 aliphatic rings. The topological polar surface area (TPSA) is 75.4 Å². The van der Waals surface area contributed by atoms with E-state index in [9.17, 15) is 9.59 Å². The van der Waals surface area contributed by atoms with Gasteiger partial charge in [0.25, 0.3) is 5.91 Å². The highest BCUT2D eigenvalue weighted by Gasteiger charge is 2.35. The summed E-state index contributed by atoms with van der Waals surface area (Å²) in [5.74, 6) is -0.612. The van der Waals surface area contributed by atoms with Gasteiger partial charge in [0.05, 0.1) is 23.9 Å². The van der Waals surface area contributed by atoms with E-state index in [1.807, 2.05) is 49.4 Å². The van der Waals surface area contributed by atoms with E-state index in [0.29, 0.717) is 6.54 Å². The molecule has 2 amide bonds. The molecule has 0 saturated carbocycles. The highest BCUT2D eigenvalue weighted by molar-refractivity contribution is 5.93. The molecule has 29 heavy (non-hydrogen) atoms. The molecule has 0 bridgehead atoms. The first kappa shape index (κ1) is 18.9. The average molecular weight is 389 g/mol. The van der Waals surface area contributed by atoms with Gasteiger partial charge in [0.1, 0.15) is 0 Å². The van der Waals surface area contributed by atoms with Crippen molar-refractivity contribution < 1.29 is 14.0 Å². The quantitative estimate of drug-likeness (QED) is 0.722. The smallest absolute Gasteiger partial charge is 0.289 e. The Bertz CT molecular complexity index is 986. The maximum Gasteiger partial charge on any atom is 0.289 e. The lowest BCUT2D eigenvalue weighted by Gasteiger charge is -2.33. The van der Waals surface area contributed by atoms with Crippen LogP contribution in [0.1, 0.15) is 52.7 Å². The number of nitrogens with zero attached hydrogens (tertiary/aromatic N) is 2. The molecule has 0 radical (unpaired) electrons. The minimum absolute atomic E-state index is 0.0907. The number of pyridine rings is 1. The third kappa shape index (κ3) is 3.92. The summed E-state index contributed by atoms with van der Waals surface area (Å²) in [6.45, 7) is 2.71. The number of furan rings is 1. The number of nitrogens with one attached hydrogen (secondary N) is 1. The Morgan fingerprint density at radius 1 is 1.17 bits per heavy atom. The van der Waals surface area contributed by atoms with Gasteiger partial charge in [-0.1, -0.05) is 43.3 Å². The molecule has 4 rings (SSSR count). The van der Waals surface area contributed by atoms with Crippen molar-refractivity contribution in [3.8, 4) is 0 Å². The van der Waals surface area contributed by atoms with Crippen LogP contribution in [-0.2, 0) is 11.3 Å². The predicted molar refractivity (Wildman–Crippen MR) is 108 cm³/mol. The molecule has 3 heterocycles. The number of hydrogen-bond donors (Lipinski definition) is 1. The summed E-state index contributed by atoms with van der Waals surface area (Å²) in [5, 5.41) is 3.15. The molecule has 2 atom stereocenters. The second kappa shape index (κ2) is 8.31. The first-order chi connectivity index (χ1) is 14.2. The Morgan fingerprint density at radius 2 is 2.00 bits per heavy atom. The molecular formula is C23H23N3O3. The van der Waals surface area contributed by atoms with Gasteiger partial charge in [0.2, 0.25) is 5.91 Å². The number of hydrogen-bond acceptors (Lipinski definition) is 4. The summed E-state index contributed by atoms with van der Waals surface area (Å²) >= 11 is 0. The molecule has 1 aromatic carbocycles. The molecule has 0 aliphatic carbocycles. The van der Waals surface area contributed by atoms with Crippen molar-refractivity contribution in [3.63, 3.8) is 0 Å². The molecule has 6 nitrogen and oxygen atoms in total. The summed E-state index contributed by atoms with van der Waals surface area (Å²) in [5.41, 5.74) is 2.67. The van der Waals surface area contributed by atoms with Crippen LogP contribution in [0.3, 0.4) is 0 Å². The zero-order valence-electron chi connectivity index (χ0n) is 16.2. The normalized spacial score (nSPS) is 16.7. The Balaban J connectivity index is 1.59. The fourth-order valence-corrected chi connectivity index (χ4v) is 3.77.